The van der Waals surface area contributed by atoms with Crippen LogP contribution >= 0.6 is 15.9 Å². The van der Waals surface area contributed by atoms with Crippen molar-refractivity contribution < 1.29 is 8.42 Å². The molecular weight excluding hydrogens is 328 g/mol. The van der Waals surface area contributed by atoms with Crippen LogP contribution in [0.15, 0.2) is 27.6 Å². The van der Waals surface area contributed by atoms with Gasteiger partial charge in [-0.05, 0) is 43.0 Å². The molecule has 19 heavy (non-hydrogen) atoms. The molecule has 1 aliphatic rings. The highest BCUT2D eigenvalue weighted by atomic mass is 79.9. The van der Waals surface area contributed by atoms with E-state index in [1.807, 2.05) is 19.9 Å². The molecule has 0 bridgehead atoms. The monoisotopic (exact) mass is 346 g/mol. The van der Waals surface area contributed by atoms with E-state index in [0.29, 0.717) is 24.5 Å². The molecule has 0 amide bonds. The van der Waals surface area contributed by atoms with Crippen molar-refractivity contribution in [2.45, 2.75) is 25.2 Å². The number of sulfonamides is 1. The van der Waals surface area contributed by atoms with E-state index in [-0.39, 0.29) is 5.41 Å². The molecule has 1 heterocycles. The normalized spacial score (nSPS) is 24.8. The number of rotatable bonds is 3. The van der Waals surface area contributed by atoms with Gasteiger partial charge in [-0.3, -0.25) is 0 Å². The topological polar surface area (TPSA) is 63.4 Å². The second-order valence-electron chi connectivity index (χ2n) is 5.47. The van der Waals surface area contributed by atoms with Crippen molar-refractivity contribution in [2.24, 2.45) is 11.1 Å². The maximum Gasteiger partial charge on any atom is 0.243 e. The Balaban J connectivity index is 2.37. The first-order valence-electron chi connectivity index (χ1n) is 6.25. The molecule has 0 spiro atoms. The summed E-state index contributed by atoms with van der Waals surface area (Å²) in [6, 6.07) is 5.26. The zero-order valence-corrected chi connectivity index (χ0v) is 13.6. The number of nitrogens with two attached hydrogens (primary N) is 1. The Morgan fingerprint density at radius 1 is 1.47 bits per heavy atom. The summed E-state index contributed by atoms with van der Waals surface area (Å²) >= 11 is 3.38. The zero-order valence-electron chi connectivity index (χ0n) is 11.2. The van der Waals surface area contributed by atoms with Crippen molar-refractivity contribution >= 4 is 26.0 Å². The van der Waals surface area contributed by atoms with Gasteiger partial charge in [-0.2, -0.15) is 4.31 Å². The van der Waals surface area contributed by atoms with Crippen molar-refractivity contribution in [3.8, 4) is 0 Å². The van der Waals surface area contributed by atoms with Gasteiger partial charge in [0, 0.05) is 17.6 Å². The SMILES string of the molecule is Cc1c(Br)cccc1S(=O)(=O)N1CCC(C)(CN)C1. The fourth-order valence-corrected chi connectivity index (χ4v) is 4.69. The minimum atomic E-state index is -3.43. The molecule has 106 valence electrons. The predicted octanol–water partition coefficient (Wildman–Crippen LogP) is 2.12. The van der Waals surface area contributed by atoms with Crippen LogP contribution in [-0.2, 0) is 10.0 Å². The Bertz CT molecular complexity index is 588. The Morgan fingerprint density at radius 3 is 2.74 bits per heavy atom. The van der Waals surface area contributed by atoms with Crippen LogP contribution in [0.1, 0.15) is 18.9 Å². The van der Waals surface area contributed by atoms with Crippen LogP contribution in [0.3, 0.4) is 0 Å². The molecule has 1 aromatic carbocycles. The largest absolute Gasteiger partial charge is 0.330 e. The van der Waals surface area contributed by atoms with Crippen molar-refractivity contribution in [1.82, 2.24) is 4.31 Å². The molecule has 0 radical (unpaired) electrons. The van der Waals surface area contributed by atoms with Crippen LogP contribution in [-0.4, -0.2) is 32.4 Å². The molecule has 1 saturated heterocycles. The van der Waals surface area contributed by atoms with Crippen molar-refractivity contribution in [2.75, 3.05) is 19.6 Å². The fraction of sp³-hybridized carbons (Fsp3) is 0.538. The van der Waals surface area contributed by atoms with Gasteiger partial charge in [0.25, 0.3) is 0 Å². The first-order chi connectivity index (χ1) is 8.80. The first kappa shape index (κ1) is 15.0. The van der Waals surface area contributed by atoms with E-state index >= 15 is 0 Å². The van der Waals surface area contributed by atoms with Crippen molar-refractivity contribution in [1.29, 1.82) is 0 Å². The molecule has 2 N–H and O–H groups in total. The molecule has 0 aromatic heterocycles. The predicted molar refractivity (Wildman–Crippen MR) is 79.4 cm³/mol. The molecule has 1 aromatic rings. The summed E-state index contributed by atoms with van der Waals surface area (Å²) in [6.07, 6.45) is 0.815. The summed E-state index contributed by atoms with van der Waals surface area (Å²) in [5, 5.41) is 0. The smallest absolute Gasteiger partial charge is 0.243 e. The van der Waals surface area contributed by atoms with E-state index in [9.17, 15) is 8.42 Å². The molecule has 0 saturated carbocycles. The number of hydrogen-bond acceptors (Lipinski definition) is 3. The van der Waals surface area contributed by atoms with Crippen LogP contribution in [0.25, 0.3) is 0 Å². The number of hydrogen-bond donors (Lipinski definition) is 1. The van der Waals surface area contributed by atoms with Gasteiger partial charge in [-0.25, -0.2) is 8.42 Å². The highest BCUT2D eigenvalue weighted by Gasteiger charge is 2.39. The molecule has 6 heteroatoms. The summed E-state index contributed by atoms with van der Waals surface area (Å²) in [5.74, 6) is 0. The van der Waals surface area contributed by atoms with Crippen LogP contribution in [0.5, 0.6) is 0 Å². The number of nitrogens with zero attached hydrogens (tertiary/aromatic N) is 1. The maximum atomic E-state index is 12.7. The van der Waals surface area contributed by atoms with Crippen LogP contribution in [0.4, 0.5) is 0 Å². The van der Waals surface area contributed by atoms with Gasteiger partial charge in [0.1, 0.15) is 0 Å². The van der Waals surface area contributed by atoms with E-state index < -0.39 is 10.0 Å². The lowest BCUT2D eigenvalue weighted by Gasteiger charge is -2.23. The minimum absolute atomic E-state index is 0.104. The highest BCUT2D eigenvalue weighted by Crippen LogP contribution is 2.34. The summed E-state index contributed by atoms with van der Waals surface area (Å²) in [5.41, 5.74) is 6.39. The highest BCUT2D eigenvalue weighted by molar-refractivity contribution is 9.10. The number of benzene rings is 1. The van der Waals surface area contributed by atoms with Gasteiger partial charge in [0.2, 0.25) is 10.0 Å². The van der Waals surface area contributed by atoms with Crippen molar-refractivity contribution in [3.05, 3.63) is 28.2 Å². The van der Waals surface area contributed by atoms with Crippen LogP contribution in [0, 0.1) is 12.3 Å². The van der Waals surface area contributed by atoms with E-state index in [1.54, 1.807) is 16.4 Å². The summed E-state index contributed by atoms with van der Waals surface area (Å²) in [7, 11) is -3.43. The third-order valence-electron chi connectivity index (χ3n) is 3.85. The van der Waals surface area contributed by atoms with E-state index in [4.69, 9.17) is 5.73 Å². The minimum Gasteiger partial charge on any atom is -0.330 e. The molecule has 1 fully saturated rings. The molecule has 1 aliphatic heterocycles. The second-order valence-corrected chi connectivity index (χ2v) is 8.23. The Kier molecular flexibility index (Phi) is 4.07. The van der Waals surface area contributed by atoms with Gasteiger partial charge < -0.3 is 5.73 Å². The average Bonchev–Trinajstić information content (AvgIpc) is 2.77. The van der Waals surface area contributed by atoms with Gasteiger partial charge in [-0.15, -0.1) is 0 Å². The lowest BCUT2D eigenvalue weighted by Crippen LogP contribution is -2.34. The van der Waals surface area contributed by atoms with Crippen LogP contribution in [0.2, 0.25) is 0 Å². The lowest BCUT2D eigenvalue weighted by molar-refractivity contribution is 0.349. The van der Waals surface area contributed by atoms with E-state index in [1.165, 1.54) is 0 Å². The Morgan fingerprint density at radius 2 is 2.16 bits per heavy atom. The zero-order chi connectivity index (χ0) is 14.3. The Hall–Kier alpha value is -0.430. The maximum absolute atomic E-state index is 12.7. The van der Waals surface area contributed by atoms with Crippen molar-refractivity contribution in [3.63, 3.8) is 0 Å². The lowest BCUT2D eigenvalue weighted by atomic mass is 9.90. The standard InChI is InChI=1S/C13H19BrN2O2S/c1-10-11(14)4-3-5-12(10)19(17,18)16-7-6-13(2,8-15)9-16/h3-5H,6-9,15H2,1-2H3. The van der Waals surface area contributed by atoms with E-state index in [0.717, 1.165) is 16.5 Å². The van der Waals surface area contributed by atoms with Gasteiger partial charge in [0.15, 0.2) is 0 Å². The molecule has 2 rings (SSSR count). The van der Waals surface area contributed by atoms with Gasteiger partial charge >= 0.3 is 0 Å². The molecule has 4 nitrogen and oxygen atoms in total. The quantitative estimate of drug-likeness (QED) is 0.911. The molecular formula is C13H19BrN2O2S. The molecule has 1 unspecified atom stereocenters. The first-order valence-corrected chi connectivity index (χ1v) is 8.49. The third kappa shape index (κ3) is 2.72. The summed E-state index contributed by atoms with van der Waals surface area (Å²) in [4.78, 5) is 0.378. The van der Waals surface area contributed by atoms with Gasteiger partial charge in [0.05, 0.1) is 4.90 Å². The number of halogens is 1. The summed E-state index contributed by atoms with van der Waals surface area (Å²) < 4.78 is 27.7. The van der Waals surface area contributed by atoms with Gasteiger partial charge in [-0.1, -0.05) is 28.9 Å². The summed E-state index contributed by atoms with van der Waals surface area (Å²) in [6.45, 7) is 5.40. The second kappa shape index (κ2) is 5.16. The third-order valence-corrected chi connectivity index (χ3v) is 6.70. The van der Waals surface area contributed by atoms with E-state index in [2.05, 4.69) is 15.9 Å². The average molecular weight is 347 g/mol. The Labute approximate surface area is 123 Å². The molecule has 1 atom stereocenters. The van der Waals surface area contributed by atoms with Crippen LogP contribution < -0.4 is 5.73 Å². The molecule has 0 aliphatic carbocycles. The fourth-order valence-electron chi connectivity index (χ4n) is 2.36.